The quantitative estimate of drug-likeness (QED) is 0.732. The second kappa shape index (κ2) is 7.46. The predicted molar refractivity (Wildman–Crippen MR) is 73.4 cm³/mol. The zero-order valence-corrected chi connectivity index (χ0v) is 11.5. The minimum Gasteiger partial charge on any atom is -0.385 e. The van der Waals surface area contributed by atoms with E-state index < -0.39 is 0 Å². The van der Waals surface area contributed by atoms with Gasteiger partial charge in [-0.2, -0.15) is 0 Å². The van der Waals surface area contributed by atoms with E-state index in [1.54, 1.807) is 7.11 Å². The van der Waals surface area contributed by atoms with Crippen molar-refractivity contribution < 1.29 is 4.74 Å². The van der Waals surface area contributed by atoms with E-state index in [0.29, 0.717) is 6.04 Å². The zero-order valence-electron chi connectivity index (χ0n) is 11.5. The van der Waals surface area contributed by atoms with Gasteiger partial charge >= 0.3 is 0 Å². The molecule has 0 bridgehead atoms. The zero-order chi connectivity index (χ0) is 12.7. The molecule has 1 atom stereocenters. The molecule has 0 saturated carbocycles. The van der Waals surface area contributed by atoms with Gasteiger partial charge in [0.05, 0.1) is 0 Å². The van der Waals surface area contributed by atoms with Gasteiger partial charge in [0.2, 0.25) is 0 Å². The van der Waals surface area contributed by atoms with E-state index in [2.05, 4.69) is 44.3 Å². The molecule has 0 aliphatic heterocycles. The summed E-state index contributed by atoms with van der Waals surface area (Å²) in [5.74, 6) is 0. The highest BCUT2D eigenvalue weighted by Crippen LogP contribution is 2.22. The first-order chi connectivity index (χ1) is 8.19. The van der Waals surface area contributed by atoms with Gasteiger partial charge in [-0.25, -0.2) is 0 Å². The molecule has 0 radical (unpaired) electrons. The molecular weight excluding hydrogens is 210 g/mol. The van der Waals surface area contributed by atoms with Crippen molar-refractivity contribution in [2.75, 3.05) is 20.3 Å². The van der Waals surface area contributed by atoms with Crippen LogP contribution < -0.4 is 5.32 Å². The fraction of sp³-hybridized carbons (Fsp3) is 0.600. The van der Waals surface area contributed by atoms with Gasteiger partial charge in [0.1, 0.15) is 0 Å². The SMILES string of the molecule is CCNC(CCCOC)c1ccc(C)cc1C. The number of methoxy groups -OCH3 is 1. The molecular formula is C15H25NO. The molecule has 0 saturated heterocycles. The molecule has 0 aliphatic rings. The van der Waals surface area contributed by atoms with Gasteiger partial charge in [-0.15, -0.1) is 0 Å². The molecule has 17 heavy (non-hydrogen) atoms. The van der Waals surface area contributed by atoms with Crippen molar-refractivity contribution in [3.05, 3.63) is 34.9 Å². The fourth-order valence-electron chi connectivity index (χ4n) is 2.26. The molecule has 1 aromatic carbocycles. The summed E-state index contributed by atoms with van der Waals surface area (Å²) < 4.78 is 5.13. The standard InChI is InChI=1S/C15H25NO/c1-5-16-15(7-6-10-17-4)14-9-8-12(2)11-13(14)3/h8-9,11,15-16H,5-7,10H2,1-4H3. The number of nitrogens with one attached hydrogen (secondary N) is 1. The maximum atomic E-state index is 5.13. The molecule has 1 rings (SSSR count). The fourth-order valence-corrected chi connectivity index (χ4v) is 2.26. The van der Waals surface area contributed by atoms with Crippen LogP contribution in [0.4, 0.5) is 0 Å². The van der Waals surface area contributed by atoms with Gasteiger partial charge in [-0.3, -0.25) is 0 Å². The summed E-state index contributed by atoms with van der Waals surface area (Å²) in [5.41, 5.74) is 4.14. The van der Waals surface area contributed by atoms with Crippen LogP contribution in [0.25, 0.3) is 0 Å². The van der Waals surface area contributed by atoms with E-state index in [-0.39, 0.29) is 0 Å². The molecule has 0 heterocycles. The maximum Gasteiger partial charge on any atom is 0.0462 e. The molecule has 1 N–H and O–H groups in total. The van der Waals surface area contributed by atoms with Crippen molar-refractivity contribution in [3.8, 4) is 0 Å². The average molecular weight is 235 g/mol. The molecule has 0 aliphatic carbocycles. The second-order valence-corrected chi connectivity index (χ2v) is 4.61. The summed E-state index contributed by atoms with van der Waals surface area (Å²) >= 11 is 0. The maximum absolute atomic E-state index is 5.13. The second-order valence-electron chi connectivity index (χ2n) is 4.61. The molecule has 0 amide bonds. The lowest BCUT2D eigenvalue weighted by Crippen LogP contribution is -2.22. The van der Waals surface area contributed by atoms with Crippen molar-refractivity contribution in [2.24, 2.45) is 0 Å². The van der Waals surface area contributed by atoms with E-state index in [4.69, 9.17) is 4.74 Å². The van der Waals surface area contributed by atoms with E-state index >= 15 is 0 Å². The van der Waals surface area contributed by atoms with Crippen molar-refractivity contribution >= 4 is 0 Å². The minimum absolute atomic E-state index is 0.454. The van der Waals surface area contributed by atoms with Crippen molar-refractivity contribution in [1.82, 2.24) is 5.32 Å². The van der Waals surface area contributed by atoms with E-state index in [1.807, 2.05) is 0 Å². The van der Waals surface area contributed by atoms with Gasteiger partial charge in [0.15, 0.2) is 0 Å². The number of ether oxygens (including phenoxy) is 1. The molecule has 1 unspecified atom stereocenters. The summed E-state index contributed by atoms with van der Waals surface area (Å²) in [6.45, 7) is 8.34. The summed E-state index contributed by atoms with van der Waals surface area (Å²) in [6, 6.07) is 7.17. The smallest absolute Gasteiger partial charge is 0.0462 e. The molecule has 2 heteroatoms. The molecule has 0 aromatic heterocycles. The third-order valence-corrected chi connectivity index (χ3v) is 3.09. The summed E-state index contributed by atoms with van der Waals surface area (Å²) in [4.78, 5) is 0. The summed E-state index contributed by atoms with van der Waals surface area (Å²) in [5, 5.41) is 3.56. The molecule has 0 spiro atoms. The largest absolute Gasteiger partial charge is 0.385 e. The van der Waals surface area contributed by atoms with Crippen molar-refractivity contribution in [3.63, 3.8) is 0 Å². The monoisotopic (exact) mass is 235 g/mol. The lowest BCUT2D eigenvalue weighted by atomic mass is 9.96. The highest BCUT2D eigenvalue weighted by atomic mass is 16.5. The Hall–Kier alpha value is -0.860. The van der Waals surface area contributed by atoms with Crippen LogP contribution in [0.3, 0.4) is 0 Å². The summed E-state index contributed by atoms with van der Waals surface area (Å²) in [6.07, 6.45) is 2.23. The first-order valence-corrected chi connectivity index (χ1v) is 6.48. The Morgan fingerprint density at radius 1 is 1.29 bits per heavy atom. The Morgan fingerprint density at radius 3 is 2.65 bits per heavy atom. The Kier molecular flexibility index (Phi) is 6.23. The minimum atomic E-state index is 0.454. The molecule has 2 nitrogen and oxygen atoms in total. The van der Waals surface area contributed by atoms with E-state index in [1.165, 1.54) is 16.7 Å². The predicted octanol–water partition coefficient (Wildman–Crippen LogP) is 3.38. The molecule has 1 aromatic rings. The highest BCUT2D eigenvalue weighted by Gasteiger charge is 2.12. The molecule has 96 valence electrons. The Bertz CT molecular complexity index is 336. The number of hydrogen-bond acceptors (Lipinski definition) is 2. The van der Waals surface area contributed by atoms with Crippen LogP contribution in [0.5, 0.6) is 0 Å². The topological polar surface area (TPSA) is 21.3 Å². The van der Waals surface area contributed by atoms with Crippen LogP contribution in [-0.2, 0) is 4.74 Å². The number of rotatable bonds is 7. The Morgan fingerprint density at radius 2 is 2.06 bits per heavy atom. The van der Waals surface area contributed by atoms with Crippen LogP contribution in [-0.4, -0.2) is 20.3 Å². The Balaban J connectivity index is 2.74. The van der Waals surface area contributed by atoms with Gasteiger partial charge in [0.25, 0.3) is 0 Å². The van der Waals surface area contributed by atoms with Crippen LogP contribution in [0.15, 0.2) is 18.2 Å². The first-order valence-electron chi connectivity index (χ1n) is 6.48. The highest BCUT2D eigenvalue weighted by molar-refractivity contribution is 5.32. The summed E-state index contributed by atoms with van der Waals surface area (Å²) in [7, 11) is 1.76. The first kappa shape index (κ1) is 14.2. The van der Waals surface area contributed by atoms with Crippen molar-refractivity contribution in [1.29, 1.82) is 0 Å². The van der Waals surface area contributed by atoms with Crippen LogP contribution in [0.1, 0.15) is 42.5 Å². The van der Waals surface area contributed by atoms with E-state index in [9.17, 15) is 0 Å². The normalized spacial score (nSPS) is 12.7. The Labute approximate surface area is 105 Å². The lowest BCUT2D eigenvalue weighted by Gasteiger charge is -2.20. The third kappa shape index (κ3) is 4.49. The van der Waals surface area contributed by atoms with Crippen molar-refractivity contribution in [2.45, 2.75) is 39.7 Å². The van der Waals surface area contributed by atoms with Crippen LogP contribution >= 0.6 is 0 Å². The van der Waals surface area contributed by atoms with Crippen LogP contribution in [0.2, 0.25) is 0 Å². The van der Waals surface area contributed by atoms with E-state index in [0.717, 1.165) is 26.0 Å². The van der Waals surface area contributed by atoms with Gasteiger partial charge in [-0.1, -0.05) is 30.7 Å². The number of aryl methyl sites for hydroxylation is 2. The third-order valence-electron chi connectivity index (χ3n) is 3.09. The molecule has 0 fully saturated rings. The van der Waals surface area contributed by atoms with Gasteiger partial charge in [0, 0.05) is 19.8 Å². The average Bonchev–Trinajstić information content (AvgIpc) is 2.28. The number of hydrogen-bond donors (Lipinski definition) is 1. The van der Waals surface area contributed by atoms with Gasteiger partial charge < -0.3 is 10.1 Å². The van der Waals surface area contributed by atoms with Gasteiger partial charge in [-0.05, 0) is 44.4 Å². The number of benzene rings is 1. The van der Waals surface area contributed by atoms with Crippen LogP contribution in [0, 0.1) is 13.8 Å². The lowest BCUT2D eigenvalue weighted by molar-refractivity contribution is 0.189.